The first kappa shape index (κ1) is 12.0. The Morgan fingerprint density at radius 3 is 2.17 bits per heavy atom. The van der Waals surface area contributed by atoms with Gasteiger partial charge in [0.25, 0.3) is 0 Å². The molecule has 1 aromatic heterocycles. The maximum atomic E-state index is 11.8. The number of rotatable bonds is 3. The molecular formula is C13H13NO4. The summed E-state index contributed by atoms with van der Waals surface area (Å²) in [4.78, 5) is 16.6. The van der Waals surface area contributed by atoms with Gasteiger partial charge in [-0.3, -0.25) is 0 Å². The fraction of sp³-hybridized carbons (Fsp3) is 0.154. The lowest BCUT2D eigenvalue weighted by atomic mass is 10.1. The Bertz CT molecular complexity index is 537. The third-order valence-corrected chi connectivity index (χ3v) is 2.57. The number of nitrogens with zero attached hydrogens (tertiary/aromatic N) is 1. The van der Waals surface area contributed by atoms with Crippen LogP contribution in [-0.2, 0) is 6.42 Å². The number of aromatic nitrogens is 1. The summed E-state index contributed by atoms with van der Waals surface area (Å²) in [7, 11) is 0. The summed E-state index contributed by atoms with van der Waals surface area (Å²) in [5.41, 5.74) is 1.46. The molecule has 0 unspecified atom stereocenters. The lowest BCUT2D eigenvalue weighted by molar-refractivity contribution is 0.0381. The molecule has 0 radical (unpaired) electrons. The van der Waals surface area contributed by atoms with Crippen molar-refractivity contribution in [2.45, 2.75) is 13.3 Å². The lowest BCUT2D eigenvalue weighted by Gasteiger charge is -2.07. The van der Waals surface area contributed by atoms with Gasteiger partial charge in [0.2, 0.25) is 11.8 Å². The molecule has 2 aromatic rings. The minimum Gasteiger partial charge on any atom is -0.492 e. The average Bonchev–Trinajstić information content (AvgIpc) is 2.70. The fourth-order valence-electron chi connectivity index (χ4n) is 1.51. The molecule has 2 rings (SSSR count). The first-order valence-electron chi connectivity index (χ1n) is 5.53. The molecule has 0 saturated carbocycles. The summed E-state index contributed by atoms with van der Waals surface area (Å²) in [5.74, 6) is -1.34. The van der Waals surface area contributed by atoms with Gasteiger partial charge in [-0.25, -0.2) is 4.79 Å². The van der Waals surface area contributed by atoms with E-state index in [-0.39, 0.29) is 11.8 Å². The normalized spacial score (nSPS) is 10.3. The minimum absolute atomic E-state index is 0.342. The molecular weight excluding hydrogens is 234 g/mol. The number of carbonyl (C=O) groups excluding carboxylic acids is 1. The maximum absolute atomic E-state index is 11.8. The molecule has 0 bridgehead atoms. The Morgan fingerprint density at radius 1 is 1.11 bits per heavy atom. The summed E-state index contributed by atoms with van der Waals surface area (Å²) >= 11 is 0. The van der Waals surface area contributed by atoms with Crippen LogP contribution >= 0.6 is 0 Å². The monoisotopic (exact) mass is 247 g/mol. The van der Waals surface area contributed by atoms with E-state index in [1.165, 1.54) is 12.1 Å². The van der Waals surface area contributed by atoms with E-state index in [1.54, 1.807) is 12.1 Å². The molecule has 5 heteroatoms. The molecule has 0 aliphatic carbocycles. The second-order valence-corrected chi connectivity index (χ2v) is 3.77. The predicted molar refractivity (Wildman–Crippen MR) is 64.5 cm³/mol. The summed E-state index contributed by atoms with van der Waals surface area (Å²) < 4.78 is 0.663. The van der Waals surface area contributed by atoms with Gasteiger partial charge < -0.3 is 15.1 Å². The molecule has 94 valence electrons. The van der Waals surface area contributed by atoms with Gasteiger partial charge in [-0.05, 0) is 24.1 Å². The number of benzene rings is 1. The summed E-state index contributed by atoms with van der Waals surface area (Å²) in [6.07, 6.45) is 0.883. The largest absolute Gasteiger partial charge is 0.492 e. The Kier molecular flexibility index (Phi) is 3.23. The lowest BCUT2D eigenvalue weighted by Crippen LogP contribution is -2.19. The predicted octanol–water partition coefficient (Wildman–Crippen LogP) is 1.73. The number of aryl methyl sites for hydroxylation is 1. The molecule has 0 aliphatic rings. The van der Waals surface area contributed by atoms with E-state index in [9.17, 15) is 15.0 Å². The van der Waals surface area contributed by atoms with Crippen LogP contribution in [-0.4, -0.2) is 20.9 Å². The molecule has 1 aromatic carbocycles. The molecule has 0 fully saturated rings. The van der Waals surface area contributed by atoms with Crippen molar-refractivity contribution in [3.63, 3.8) is 0 Å². The Labute approximate surface area is 104 Å². The summed E-state index contributed by atoms with van der Waals surface area (Å²) in [6, 6.07) is 9.38. The standard InChI is InChI=1S/C13H13NO4/c1-2-9-3-5-10(6-4-9)13(17)18-14-11(15)7-8-12(14)16/h3-8,15-16H,2H2,1H3. The highest BCUT2D eigenvalue weighted by Crippen LogP contribution is 2.19. The van der Waals surface area contributed by atoms with Crippen LogP contribution in [0, 0.1) is 0 Å². The van der Waals surface area contributed by atoms with E-state index in [2.05, 4.69) is 0 Å². The summed E-state index contributed by atoms with van der Waals surface area (Å²) in [6.45, 7) is 2.02. The van der Waals surface area contributed by atoms with Gasteiger partial charge in [0.15, 0.2) is 0 Å². The van der Waals surface area contributed by atoms with Crippen molar-refractivity contribution in [3.8, 4) is 11.8 Å². The molecule has 0 atom stereocenters. The van der Waals surface area contributed by atoms with Gasteiger partial charge in [0.05, 0.1) is 5.56 Å². The van der Waals surface area contributed by atoms with Crippen molar-refractivity contribution in [2.24, 2.45) is 0 Å². The van der Waals surface area contributed by atoms with Crippen molar-refractivity contribution in [1.29, 1.82) is 0 Å². The van der Waals surface area contributed by atoms with Crippen LogP contribution < -0.4 is 4.84 Å². The van der Waals surface area contributed by atoms with E-state index < -0.39 is 5.97 Å². The first-order chi connectivity index (χ1) is 8.61. The fourth-order valence-corrected chi connectivity index (χ4v) is 1.51. The van der Waals surface area contributed by atoms with Crippen molar-refractivity contribution in [1.82, 2.24) is 4.73 Å². The van der Waals surface area contributed by atoms with Crippen molar-refractivity contribution >= 4 is 5.97 Å². The topological polar surface area (TPSA) is 71.7 Å². The maximum Gasteiger partial charge on any atom is 0.363 e. The smallest absolute Gasteiger partial charge is 0.363 e. The first-order valence-corrected chi connectivity index (χ1v) is 5.53. The molecule has 1 heterocycles. The highest BCUT2D eigenvalue weighted by molar-refractivity contribution is 5.89. The van der Waals surface area contributed by atoms with Gasteiger partial charge in [-0.15, -0.1) is 4.73 Å². The van der Waals surface area contributed by atoms with E-state index >= 15 is 0 Å². The van der Waals surface area contributed by atoms with Crippen LogP contribution in [0.3, 0.4) is 0 Å². The number of aromatic hydroxyl groups is 2. The average molecular weight is 247 g/mol. The molecule has 5 nitrogen and oxygen atoms in total. The van der Waals surface area contributed by atoms with Gasteiger partial charge >= 0.3 is 5.97 Å². The van der Waals surface area contributed by atoms with E-state index in [1.807, 2.05) is 19.1 Å². The quantitative estimate of drug-likeness (QED) is 0.866. The highest BCUT2D eigenvalue weighted by Gasteiger charge is 2.13. The van der Waals surface area contributed by atoms with E-state index in [0.717, 1.165) is 12.0 Å². The molecule has 0 aliphatic heterocycles. The van der Waals surface area contributed by atoms with Gasteiger partial charge in [-0.2, -0.15) is 0 Å². The van der Waals surface area contributed by atoms with Crippen molar-refractivity contribution < 1.29 is 19.8 Å². The third-order valence-electron chi connectivity index (χ3n) is 2.57. The van der Waals surface area contributed by atoms with Gasteiger partial charge in [-0.1, -0.05) is 19.1 Å². The second kappa shape index (κ2) is 4.83. The third kappa shape index (κ3) is 2.29. The Hall–Kier alpha value is -2.43. The van der Waals surface area contributed by atoms with Crippen molar-refractivity contribution in [2.75, 3.05) is 0 Å². The summed E-state index contributed by atoms with van der Waals surface area (Å²) in [5, 5.41) is 18.7. The van der Waals surface area contributed by atoms with Gasteiger partial charge in [0, 0.05) is 12.1 Å². The van der Waals surface area contributed by atoms with Crippen LogP contribution in [0.4, 0.5) is 0 Å². The molecule has 18 heavy (non-hydrogen) atoms. The molecule has 0 amide bonds. The number of hydrogen-bond acceptors (Lipinski definition) is 4. The second-order valence-electron chi connectivity index (χ2n) is 3.77. The van der Waals surface area contributed by atoms with E-state index in [4.69, 9.17) is 4.84 Å². The zero-order valence-electron chi connectivity index (χ0n) is 9.83. The van der Waals surface area contributed by atoms with E-state index in [0.29, 0.717) is 10.3 Å². The van der Waals surface area contributed by atoms with Crippen LogP contribution in [0.1, 0.15) is 22.8 Å². The van der Waals surface area contributed by atoms with Crippen LogP contribution in [0.25, 0.3) is 0 Å². The number of hydrogen-bond donors (Lipinski definition) is 2. The zero-order chi connectivity index (χ0) is 13.1. The van der Waals surface area contributed by atoms with Crippen LogP contribution in [0.5, 0.6) is 11.8 Å². The highest BCUT2D eigenvalue weighted by atomic mass is 16.7. The van der Waals surface area contributed by atoms with Crippen LogP contribution in [0.15, 0.2) is 36.4 Å². The molecule has 0 spiro atoms. The number of carbonyl (C=O) groups is 1. The molecule has 0 saturated heterocycles. The SMILES string of the molecule is CCc1ccc(C(=O)On2c(O)ccc2O)cc1. The van der Waals surface area contributed by atoms with Crippen molar-refractivity contribution in [3.05, 3.63) is 47.5 Å². The minimum atomic E-state index is -0.653. The van der Waals surface area contributed by atoms with Crippen LogP contribution in [0.2, 0.25) is 0 Å². The Balaban J connectivity index is 2.17. The Morgan fingerprint density at radius 2 is 1.67 bits per heavy atom. The molecule has 2 N–H and O–H groups in total. The van der Waals surface area contributed by atoms with Gasteiger partial charge in [0.1, 0.15) is 0 Å². The zero-order valence-corrected chi connectivity index (χ0v) is 9.83.